The summed E-state index contributed by atoms with van der Waals surface area (Å²) in [6, 6.07) is 18.2. The van der Waals surface area contributed by atoms with Gasteiger partial charge in [0.2, 0.25) is 0 Å². The quantitative estimate of drug-likeness (QED) is 0.573. The van der Waals surface area contributed by atoms with Gasteiger partial charge < -0.3 is 10.5 Å². The van der Waals surface area contributed by atoms with E-state index in [4.69, 9.17) is 10.5 Å². The molecule has 3 nitrogen and oxygen atoms in total. The summed E-state index contributed by atoms with van der Waals surface area (Å²) < 4.78 is 5.79. The summed E-state index contributed by atoms with van der Waals surface area (Å²) in [6.07, 6.45) is 2.70. The summed E-state index contributed by atoms with van der Waals surface area (Å²) in [5.74, 6) is 0. The first-order valence-electron chi connectivity index (χ1n) is 7.08. The van der Waals surface area contributed by atoms with Crippen LogP contribution in [0.25, 0.3) is 10.9 Å². The number of aromatic nitrogens is 1. The Labute approximate surface area is 124 Å². The molecule has 0 saturated heterocycles. The third-order valence-electron chi connectivity index (χ3n) is 3.52. The molecule has 1 aromatic heterocycles. The Morgan fingerprint density at radius 2 is 1.81 bits per heavy atom. The van der Waals surface area contributed by atoms with E-state index in [-0.39, 0.29) is 0 Å². The van der Waals surface area contributed by atoms with Crippen molar-refractivity contribution in [1.82, 2.24) is 4.98 Å². The molecule has 0 aliphatic rings. The zero-order valence-electron chi connectivity index (χ0n) is 11.8. The van der Waals surface area contributed by atoms with E-state index in [9.17, 15) is 0 Å². The van der Waals surface area contributed by atoms with E-state index in [1.807, 2.05) is 42.5 Å². The number of pyridine rings is 1. The van der Waals surface area contributed by atoms with E-state index in [0.29, 0.717) is 13.2 Å². The maximum atomic E-state index is 5.98. The van der Waals surface area contributed by atoms with E-state index in [0.717, 1.165) is 28.6 Å². The van der Waals surface area contributed by atoms with Crippen LogP contribution in [0.3, 0.4) is 0 Å². The molecule has 3 aromatic rings. The number of nitrogens with two attached hydrogens (primary N) is 1. The summed E-state index contributed by atoms with van der Waals surface area (Å²) in [5.41, 5.74) is 10.0. The molecule has 1 heterocycles. The van der Waals surface area contributed by atoms with Gasteiger partial charge in [-0.1, -0.05) is 36.4 Å². The van der Waals surface area contributed by atoms with Crippen molar-refractivity contribution in [3.8, 4) is 0 Å². The fourth-order valence-corrected chi connectivity index (χ4v) is 2.39. The van der Waals surface area contributed by atoms with Crippen LogP contribution in [0.2, 0.25) is 0 Å². The molecule has 0 radical (unpaired) electrons. The van der Waals surface area contributed by atoms with Crippen LogP contribution in [0.5, 0.6) is 0 Å². The first-order chi connectivity index (χ1) is 10.3. The molecule has 106 valence electrons. The second kappa shape index (κ2) is 6.37. The molecule has 0 unspecified atom stereocenters. The summed E-state index contributed by atoms with van der Waals surface area (Å²) in [6.45, 7) is 1.25. The molecule has 2 N–H and O–H groups in total. The minimum Gasteiger partial charge on any atom is -0.398 e. The Balaban J connectivity index is 1.65. The second-order valence-corrected chi connectivity index (χ2v) is 5.00. The highest BCUT2D eigenvalue weighted by molar-refractivity contribution is 5.92. The predicted molar refractivity (Wildman–Crippen MR) is 86.0 cm³/mol. The number of hydrogen-bond donors (Lipinski definition) is 1. The van der Waals surface area contributed by atoms with Gasteiger partial charge in [-0.2, -0.15) is 0 Å². The molecular weight excluding hydrogens is 260 g/mol. The summed E-state index contributed by atoms with van der Waals surface area (Å²) >= 11 is 0. The lowest BCUT2D eigenvalue weighted by molar-refractivity contribution is 0.124. The maximum absolute atomic E-state index is 5.98. The van der Waals surface area contributed by atoms with Crippen molar-refractivity contribution in [2.75, 3.05) is 12.3 Å². The third kappa shape index (κ3) is 3.20. The highest BCUT2D eigenvalue weighted by atomic mass is 16.5. The monoisotopic (exact) mass is 278 g/mol. The van der Waals surface area contributed by atoms with Crippen molar-refractivity contribution in [2.24, 2.45) is 0 Å². The number of benzene rings is 2. The van der Waals surface area contributed by atoms with Crippen LogP contribution in [-0.2, 0) is 17.8 Å². The summed E-state index contributed by atoms with van der Waals surface area (Å²) in [5, 5.41) is 0.988. The molecule has 3 rings (SSSR count). The SMILES string of the molecule is Nc1ccc(COCCc2ccccc2)c2ncccc12. The zero-order valence-corrected chi connectivity index (χ0v) is 11.8. The van der Waals surface area contributed by atoms with Crippen LogP contribution in [0, 0.1) is 0 Å². The number of ether oxygens (including phenoxy) is 1. The zero-order chi connectivity index (χ0) is 14.5. The highest BCUT2D eigenvalue weighted by Gasteiger charge is 2.05. The highest BCUT2D eigenvalue weighted by Crippen LogP contribution is 2.23. The van der Waals surface area contributed by atoms with Crippen molar-refractivity contribution < 1.29 is 4.74 Å². The Morgan fingerprint density at radius 3 is 2.67 bits per heavy atom. The van der Waals surface area contributed by atoms with E-state index in [2.05, 4.69) is 17.1 Å². The number of rotatable bonds is 5. The van der Waals surface area contributed by atoms with Crippen molar-refractivity contribution in [1.29, 1.82) is 0 Å². The molecule has 3 heteroatoms. The Kier molecular flexibility index (Phi) is 4.12. The van der Waals surface area contributed by atoms with Gasteiger partial charge in [-0.05, 0) is 30.2 Å². The molecule has 0 atom stereocenters. The fraction of sp³-hybridized carbons (Fsp3) is 0.167. The number of fused-ring (bicyclic) bond motifs is 1. The molecule has 0 spiro atoms. The molecular formula is C18H18N2O. The average molecular weight is 278 g/mol. The van der Waals surface area contributed by atoms with Gasteiger partial charge in [0.05, 0.1) is 18.7 Å². The van der Waals surface area contributed by atoms with Crippen molar-refractivity contribution in [2.45, 2.75) is 13.0 Å². The number of nitrogens with zero attached hydrogens (tertiary/aromatic N) is 1. The largest absolute Gasteiger partial charge is 0.398 e. The van der Waals surface area contributed by atoms with E-state index < -0.39 is 0 Å². The molecule has 0 aliphatic heterocycles. The molecule has 0 saturated carbocycles. The molecule has 21 heavy (non-hydrogen) atoms. The molecule has 0 bridgehead atoms. The van der Waals surface area contributed by atoms with Crippen LogP contribution in [0.1, 0.15) is 11.1 Å². The average Bonchev–Trinajstić information content (AvgIpc) is 2.55. The predicted octanol–water partition coefficient (Wildman–Crippen LogP) is 3.58. The van der Waals surface area contributed by atoms with E-state index in [1.54, 1.807) is 6.20 Å². The molecule has 0 aliphatic carbocycles. The first-order valence-corrected chi connectivity index (χ1v) is 7.08. The number of hydrogen-bond acceptors (Lipinski definition) is 3. The first kappa shape index (κ1) is 13.6. The van der Waals surface area contributed by atoms with Gasteiger partial charge in [-0.3, -0.25) is 4.98 Å². The van der Waals surface area contributed by atoms with Crippen LogP contribution in [-0.4, -0.2) is 11.6 Å². The second-order valence-electron chi connectivity index (χ2n) is 5.00. The van der Waals surface area contributed by atoms with Gasteiger partial charge in [0.25, 0.3) is 0 Å². The van der Waals surface area contributed by atoms with Gasteiger partial charge >= 0.3 is 0 Å². The van der Waals surface area contributed by atoms with Gasteiger partial charge in [-0.25, -0.2) is 0 Å². The third-order valence-corrected chi connectivity index (χ3v) is 3.52. The Morgan fingerprint density at radius 1 is 0.952 bits per heavy atom. The lowest BCUT2D eigenvalue weighted by Gasteiger charge is -2.09. The van der Waals surface area contributed by atoms with Crippen LogP contribution in [0.15, 0.2) is 60.8 Å². The van der Waals surface area contributed by atoms with Crippen molar-refractivity contribution >= 4 is 16.6 Å². The van der Waals surface area contributed by atoms with Gasteiger partial charge in [-0.15, -0.1) is 0 Å². The Hall–Kier alpha value is -2.39. The topological polar surface area (TPSA) is 48.1 Å². The number of anilines is 1. The minimum atomic E-state index is 0.556. The van der Waals surface area contributed by atoms with Gasteiger partial charge in [0.1, 0.15) is 0 Å². The summed E-state index contributed by atoms with van der Waals surface area (Å²) in [4.78, 5) is 4.42. The fourth-order valence-electron chi connectivity index (χ4n) is 2.39. The van der Waals surface area contributed by atoms with Crippen molar-refractivity contribution in [3.63, 3.8) is 0 Å². The molecule has 0 fully saturated rings. The van der Waals surface area contributed by atoms with Crippen LogP contribution < -0.4 is 5.73 Å². The standard InChI is InChI=1S/C18H18N2O/c19-17-9-8-15(18-16(17)7-4-11-20-18)13-21-12-10-14-5-2-1-3-6-14/h1-9,11H,10,12-13,19H2. The van der Waals surface area contributed by atoms with Gasteiger partial charge in [0, 0.05) is 22.8 Å². The Bertz CT molecular complexity index is 726. The molecule has 0 amide bonds. The molecule has 2 aromatic carbocycles. The smallest absolute Gasteiger partial charge is 0.0777 e. The normalized spacial score (nSPS) is 10.9. The number of nitrogen functional groups attached to an aromatic ring is 1. The van der Waals surface area contributed by atoms with E-state index in [1.165, 1.54) is 5.56 Å². The minimum absolute atomic E-state index is 0.556. The lowest BCUT2D eigenvalue weighted by Crippen LogP contribution is -2.01. The van der Waals surface area contributed by atoms with E-state index >= 15 is 0 Å². The summed E-state index contributed by atoms with van der Waals surface area (Å²) in [7, 11) is 0. The van der Waals surface area contributed by atoms with Crippen molar-refractivity contribution in [3.05, 3.63) is 71.9 Å². The van der Waals surface area contributed by atoms with Gasteiger partial charge in [0.15, 0.2) is 0 Å². The van der Waals surface area contributed by atoms with Crippen LogP contribution >= 0.6 is 0 Å². The maximum Gasteiger partial charge on any atom is 0.0777 e. The van der Waals surface area contributed by atoms with Crippen LogP contribution in [0.4, 0.5) is 5.69 Å². The lowest BCUT2D eigenvalue weighted by atomic mass is 10.1.